The number of nitrogens with zero attached hydrogens (tertiary/aromatic N) is 4. The summed E-state index contributed by atoms with van der Waals surface area (Å²) >= 11 is 0. The highest BCUT2D eigenvalue weighted by molar-refractivity contribution is 6.31. The number of hydrogen-bond donors (Lipinski definition) is 2. The first-order valence-corrected chi connectivity index (χ1v) is 9.70. The van der Waals surface area contributed by atoms with Crippen molar-refractivity contribution >= 4 is 18.0 Å². The Morgan fingerprint density at radius 1 is 1.12 bits per heavy atom. The number of nitrogens with two attached hydrogens (primary N) is 1. The van der Waals surface area contributed by atoms with Crippen molar-refractivity contribution in [2.75, 3.05) is 7.05 Å². The lowest BCUT2D eigenvalue weighted by Gasteiger charge is -2.22. The second-order valence-electron chi connectivity index (χ2n) is 7.61. The van der Waals surface area contributed by atoms with Crippen molar-refractivity contribution in [1.82, 2.24) is 15.6 Å². The molecule has 0 saturated heterocycles. The van der Waals surface area contributed by atoms with Crippen LogP contribution in [0.4, 0.5) is 0 Å². The topological polar surface area (TPSA) is 137 Å². The first-order valence-electron chi connectivity index (χ1n) is 9.70. The molecule has 10 nitrogen and oxygen atoms in total. The molecule has 1 aromatic heterocycles. The molecule has 3 rings (SSSR count). The summed E-state index contributed by atoms with van der Waals surface area (Å²) in [4.78, 5) is 20.5. The van der Waals surface area contributed by atoms with Gasteiger partial charge in [0.25, 0.3) is 5.91 Å². The normalized spacial score (nSPS) is 12.1. The van der Waals surface area contributed by atoms with Crippen LogP contribution in [-0.2, 0) is 0 Å². The number of nitrogens with one attached hydrogen (secondary N) is 1. The summed E-state index contributed by atoms with van der Waals surface area (Å²) in [5.74, 6) is 1.29. The zero-order valence-electron chi connectivity index (χ0n) is 18.2. The lowest BCUT2D eigenvalue weighted by atomic mass is 10.1. The Bertz CT molecular complexity index is 1120. The minimum absolute atomic E-state index is 0.0361. The monoisotopic (exact) mass is 436 g/mol. The number of benzene rings is 2. The van der Waals surface area contributed by atoms with Gasteiger partial charge in [0.2, 0.25) is 12.2 Å². The molecule has 0 spiro atoms. The summed E-state index contributed by atoms with van der Waals surface area (Å²) in [7, 11) is 1.61. The standard InChI is InChI=1S/C22H24N6O4/c1-22(2,3)32-18-10-15(21(29)27-19(23)12-26-24-4)9-17(11-18)31-16-7-5-14(6-8-16)20-25-13-30-28-20/h5-13,24H,1-4H3,(H2,23,27,29)/b26-12-. The molecule has 0 aliphatic heterocycles. The maximum atomic E-state index is 12.6. The van der Waals surface area contributed by atoms with Crippen molar-refractivity contribution in [3.05, 3.63) is 54.4 Å². The molecular formula is C22H24N6O4. The molecule has 0 atom stereocenters. The molecule has 166 valence electrons. The highest BCUT2D eigenvalue weighted by atomic mass is 16.5. The number of carbonyl (C=O) groups excluding carboxylic acids is 1. The second-order valence-corrected chi connectivity index (χ2v) is 7.61. The van der Waals surface area contributed by atoms with Crippen LogP contribution in [0.15, 0.2) is 63.5 Å². The smallest absolute Gasteiger partial charge is 0.279 e. The van der Waals surface area contributed by atoms with Crippen LogP contribution < -0.4 is 20.6 Å². The minimum Gasteiger partial charge on any atom is -0.488 e. The van der Waals surface area contributed by atoms with Gasteiger partial charge in [-0.2, -0.15) is 15.1 Å². The van der Waals surface area contributed by atoms with Crippen LogP contribution in [0.3, 0.4) is 0 Å². The zero-order chi connectivity index (χ0) is 23.1. The summed E-state index contributed by atoms with van der Waals surface area (Å²) in [5.41, 5.74) is 8.81. The Labute approximate surface area is 185 Å². The summed E-state index contributed by atoms with van der Waals surface area (Å²) < 4.78 is 16.7. The van der Waals surface area contributed by atoms with Gasteiger partial charge in [0, 0.05) is 24.2 Å². The van der Waals surface area contributed by atoms with E-state index in [1.165, 1.54) is 12.6 Å². The molecule has 0 radical (unpaired) electrons. The van der Waals surface area contributed by atoms with Crippen molar-refractivity contribution in [3.8, 4) is 28.6 Å². The predicted molar refractivity (Wildman–Crippen MR) is 120 cm³/mol. The van der Waals surface area contributed by atoms with Gasteiger partial charge in [-0.1, -0.05) is 5.16 Å². The van der Waals surface area contributed by atoms with Crippen LogP contribution in [0.25, 0.3) is 11.4 Å². The van der Waals surface area contributed by atoms with E-state index in [0.717, 1.165) is 5.56 Å². The number of aromatic nitrogens is 2. The molecule has 3 aromatic rings. The van der Waals surface area contributed by atoms with Crippen LogP contribution in [0.2, 0.25) is 0 Å². The fraction of sp³-hybridized carbons (Fsp3) is 0.227. The Morgan fingerprint density at radius 3 is 2.47 bits per heavy atom. The number of carbonyl (C=O) groups is 1. The van der Waals surface area contributed by atoms with Crippen LogP contribution in [0.5, 0.6) is 17.2 Å². The largest absolute Gasteiger partial charge is 0.488 e. The maximum absolute atomic E-state index is 12.6. The van der Waals surface area contributed by atoms with Crippen molar-refractivity contribution in [1.29, 1.82) is 0 Å². The third-order valence-electron chi connectivity index (χ3n) is 3.82. The summed E-state index contributed by atoms with van der Waals surface area (Å²) in [6, 6.07) is 12.0. The van der Waals surface area contributed by atoms with Crippen molar-refractivity contribution in [2.24, 2.45) is 15.8 Å². The molecule has 32 heavy (non-hydrogen) atoms. The van der Waals surface area contributed by atoms with Gasteiger partial charge in [-0.3, -0.25) is 4.79 Å². The van der Waals surface area contributed by atoms with E-state index in [1.807, 2.05) is 20.8 Å². The maximum Gasteiger partial charge on any atom is 0.279 e. The molecule has 1 amide bonds. The second kappa shape index (κ2) is 9.73. The lowest BCUT2D eigenvalue weighted by molar-refractivity contribution is 0.0999. The molecular weight excluding hydrogens is 412 g/mol. The Kier molecular flexibility index (Phi) is 6.83. The van der Waals surface area contributed by atoms with E-state index in [0.29, 0.717) is 23.1 Å². The minimum atomic E-state index is -0.554. The SMILES string of the molecule is CN/N=C\C(N)=NC(=O)c1cc(Oc2ccc(-c3ncon3)cc2)cc(OC(C)(C)C)c1. The molecule has 0 unspecified atom stereocenters. The van der Waals surface area contributed by atoms with Crippen LogP contribution in [0.1, 0.15) is 31.1 Å². The highest BCUT2D eigenvalue weighted by Gasteiger charge is 2.16. The van der Waals surface area contributed by atoms with Gasteiger partial charge in [0.05, 0.1) is 6.21 Å². The van der Waals surface area contributed by atoms with Crippen molar-refractivity contribution in [3.63, 3.8) is 0 Å². The molecule has 3 N–H and O–H groups in total. The van der Waals surface area contributed by atoms with Gasteiger partial charge < -0.3 is 25.2 Å². The molecule has 1 heterocycles. The van der Waals surface area contributed by atoms with Crippen LogP contribution in [0, 0.1) is 0 Å². The highest BCUT2D eigenvalue weighted by Crippen LogP contribution is 2.30. The average Bonchev–Trinajstić information content (AvgIpc) is 3.26. The summed E-state index contributed by atoms with van der Waals surface area (Å²) in [6.07, 6.45) is 2.51. The number of amides is 1. The number of hydrogen-bond acceptors (Lipinski definition) is 8. The van der Waals surface area contributed by atoms with Gasteiger partial charge in [0.15, 0.2) is 0 Å². The molecule has 0 aliphatic rings. The predicted octanol–water partition coefficient (Wildman–Crippen LogP) is 3.41. The Morgan fingerprint density at radius 2 is 1.84 bits per heavy atom. The number of aliphatic imine (C=N–C) groups is 1. The average molecular weight is 436 g/mol. The number of rotatable bonds is 7. The molecule has 0 aliphatic carbocycles. The lowest BCUT2D eigenvalue weighted by Crippen LogP contribution is -2.23. The van der Waals surface area contributed by atoms with E-state index in [-0.39, 0.29) is 11.4 Å². The van der Waals surface area contributed by atoms with Crippen molar-refractivity contribution < 1.29 is 18.8 Å². The Balaban J connectivity index is 1.88. The molecule has 0 fully saturated rings. The third kappa shape index (κ3) is 6.39. The molecule has 2 aromatic carbocycles. The van der Waals surface area contributed by atoms with Crippen LogP contribution in [-0.4, -0.2) is 40.7 Å². The third-order valence-corrected chi connectivity index (χ3v) is 3.82. The van der Waals surface area contributed by atoms with E-state index >= 15 is 0 Å². The summed E-state index contributed by atoms with van der Waals surface area (Å²) in [5, 5.41) is 7.54. The van der Waals surface area contributed by atoms with E-state index in [1.54, 1.807) is 49.5 Å². The number of amidine groups is 1. The summed E-state index contributed by atoms with van der Waals surface area (Å²) in [6.45, 7) is 5.72. The van der Waals surface area contributed by atoms with E-state index < -0.39 is 11.5 Å². The fourth-order valence-corrected chi connectivity index (χ4v) is 2.61. The number of hydrazone groups is 1. The van der Waals surface area contributed by atoms with Gasteiger partial charge in [-0.25, -0.2) is 0 Å². The number of ether oxygens (including phenoxy) is 2. The zero-order valence-corrected chi connectivity index (χ0v) is 18.2. The van der Waals surface area contributed by atoms with Gasteiger partial charge in [-0.05, 0) is 57.2 Å². The van der Waals surface area contributed by atoms with E-state index in [2.05, 4.69) is 25.7 Å². The van der Waals surface area contributed by atoms with Gasteiger partial charge in [0.1, 0.15) is 28.7 Å². The first kappa shape index (κ1) is 22.5. The van der Waals surface area contributed by atoms with Crippen LogP contribution >= 0.6 is 0 Å². The van der Waals surface area contributed by atoms with E-state index in [4.69, 9.17) is 19.7 Å². The molecule has 0 bridgehead atoms. The molecule has 0 saturated carbocycles. The molecule has 10 heteroatoms. The van der Waals surface area contributed by atoms with Crippen molar-refractivity contribution in [2.45, 2.75) is 26.4 Å². The fourth-order valence-electron chi connectivity index (χ4n) is 2.61. The Hall–Kier alpha value is -4.21. The van der Waals surface area contributed by atoms with Gasteiger partial charge in [-0.15, -0.1) is 0 Å². The van der Waals surface area contributed by atoms with Gasteiger partial charge >= 0.3 is 0 Å². The first-order chi connectivity index (χ1) is 15.2. The quantitative estimate of drug-likeness (QED) is 0.326. The van der Waals surface area contributed by atoms with E-state index in [9.17, 15) is 4.79 Å².